The van der Waals surface area contributed by atoms with Crippen molar-refractivity contribution >= 4 is 11.0 Å². The molecular formula is C18H23N2O2. The molecule has 2 aromatic rings. The SMILES string of the molecule is [c]1c(OCC2CC2)ccc2c(CCC3CCNCC3)noc12. The minimum Gasteiger partial charge on any atom is -0.493 e. The highest BCUT2D eigenvalue weighted by Gasteiger charge is 2.22. The number of piperidine rings is 1. The molecule has 1 saturated heterocycles. The maximum absolute atomic E-state index is 5.75. The van der Waals surface area contributed by atoms with Gasteiger partial charge < -0.3 is 14.6 Å². The maximum Gasteiger partial charge on any atom is 0.178 e. The molecule has 1 saturated carbocycles. The van der Waals surface area contributed by atoms with Crippen LogP contribution in [0.1, 0.15) is 37.8 Å². The van der Waals surface area contributed by atoms with Crippen LogP contribution in [0.5, 0.6) is 5.75 Å². The van der Waals surface area contributed by atoms with Crippen molar-refractivity contribution in [3.63, 3.8) is 0 Å². The van der Waals surface area contributed by atoms with Gasteiger partial charge in [0, 0.05) is 5.39 Å². The van der Waals surface area contributed by atoms with E-state index in [1.807, 2.05) is 6.07 Å². The lowest BCUT2D eigenvalue weighted by atomic mass is 9.92. The number of benzene rings is 1. The molecule has 4 rings (SSSR count). The number of fused-ring (bicyclic) bond motifs is 1. The van der Waals surface area contributed by atoms with Gasteiger partial charge in [0.25, 0.3) is 0 Å². The summed E-state index contributed by atoms with van der Waals surface area (Å²) in [6.07, 6.45) is 7.34. The standard InChI is InChI=1S/C18H23N2O2/c1-2-14(1)12-21-15-4-5-16-17(20-22-18(16)11-15)6-3-13-7-9-19-10-8-13/h4-5,13-14,19H,1-3,6-10,12H2. The van der Waals surface area contributed by atoms with E-state index in [0.29, 0.717) is 0 Å². The van der Waals surface area contributed by atoms with Gasteiger partial charge in [-0.2, -0.15) is 0 Å². The summed E-state index contributed by atoms with van der Waals surface area (Å²) in [7, 11) is 0. The Morgan fingerprint density at radius 2 is 2.05 bits per heavy atom. The molecule has 0 amide bonds. The molecule has 2 aliphatic rings. The molecule has 117 valence electrons. The van der Waals surface area contributed by atoms with Gasteiger partial charge in [-0.25, -0.2) is 0 Å². The Hall–Kier alpha value is -1.55. The van der Waals surface area contributed by atoms with E-state index in [1.165, 1.54) is 32.1 Å². The maximum atomic E-state index is 5.75. The first-order valence-electron chi connectivity index (χ1n) is 8.52. The largest absolute Gasteiger partial charge is 0.493 e. The number of hydrogen-bond donors (Lipinski definition) is 1. The first-order chi connectivity index (χ1) is 10.9. The van der Waals surface area contributed by atoms with Crippen molar-refractivity contribution in [3.8, 4) is 5.75 Å². The summed E-state index contributed by atoms with van der Waals surface area (Å²) in [4.78, 5) is 0. The predicted molar refractivity (Wildman–Crippen MR) is 85.0 cm³/mol. The van der Waals surface area contributed by atoms with Crippen molar-refractivity contribution in [1.29, 1.82) is 0 Å². The quantitative estimate of drug-likeness (QED) is 0.888. The Labute approximate surface area is 131 Å². The summed E-state index contributed by atoms with van der Waals surface area (Å²) in [5.74, 6) is 2.35. The van der Waals surface area contributed by atoms with Gasteiger partial charge in [0.2, 0.25) is 0 Å². The number of hydrogen-bond acceptors (Lipinski definition) is 4. The van der Waals surface area contributed by atoms with E-state index in [-0.39, 0.29) is 0 Å². The average Bonchev–Trinajstić information content (AvgIpc) is 3.31. The molecule has 0 spiro atoms. The van der Waals surface area contributed by atoms with Crippen LogP contribution in [0.3, 0.4) is 0 Å². The Morgan fingerprint density at radius 1 is 1.18 bits per heavy atom. The molecule has 2 heterocycles. The van der Waals surface area contributed by atoms with Crippen molar-refractivity contribution in [3.05, 3.63) is 23.9 Å². The highest BCUT2D eigenvalue weighted by Crippen LogP contribution is 2.31. The average molecular weight is 299 g/mol. The summed E-state index contributed by atoms with van der Waals surface area (Å²) in [6.45, 7) is 3.11. The number of nitrogens with zero attached hydrogens (tertiary/aromatic N) is 1. The van der Waals surface area contributed by atoms with Crippen LogP contribution in [0, 0.1) is 17.9 Å². The molecule has 1 N–H and O–H groups in total. The molecule has 1 aliphatic heterocycles. The van der Waals surface area contributed by atoms with Crippen molar-refractivity contribution in [2.75, 3.05) is 19.7 Å². The van der Waals surface area contributed by atoms with Gasteiger partial charge >= 0.3 is 0 Å². The van der Waals surface area contributed by atoms with Crippen LogP contribution in [0.4, 0.5) is 0 Å². The van der Waals surface area contributed by atoms with Gasteiger partial charge in [-0.05, 0) is 75.6 Å². The van der Waals surface area contributed by atoms with Crippen molar-refractivity contribution in [2.24, 2.45) is 11.8 Å². The van der Waals surface area contributed by atoms with E-state index in [4.69, 9.17) is 9.26 Å². The summed E-state index contributed by atoms with van der Waals surface area (Å²) < 4.78 is 11.2. The second kappa shape index (κ2) is 6.29. The molecule has 1 aromatic heterocycles. The lowest BCUT2D eigenvalue weighted by molar-refractivity contribution is 0.299. The van der Waals surface area contributed by atoms with Gasteiger partial charge in [0.05, 0.1) is 18.4 Å². The topological polar surface area (TPSA) is 47.3 Å². The molecular weight excluding hydrogens is 276 g/mol. The second-order valence-corrected chi connectivity index (χ2v) is 6.68. The molecule has 0 atom stereocenters. The third kappa shape index (κ3) is 3.27. The van der Waals surface area contributed by atoms with Crippen LogP contribution in [0.25, 0.3) is 11.0 Å². The van der Waals surface area contributed by atoms with Gasteiger partial charge in [0.15, 0.2) is 5.58 Å². The predicted octanol–water partition coefficient (Wildman–Crippen LogP) is 3.35. The Bertz CT molecular complexity index is 627. The van der Waals surface area contributed by atoms with Gasteiger partial charge in [-0.3, -0.25) is 0 Å². The zero-order valence-corrected chi connectivity index (χ0v) is 12.9. The van der Waals surface area contributed by atoms with E-state index in [0.717, 1.165) is 60.4 Å². The van der Waals surface area contributed by atoms with Crippen LogP contribution >= 0.6 is 0 Å². The van der Waals surface area contributed by atoms with Crippen molar-refractivity contribution in [1.82, 2.24) is 10.5 Å². The molecule has 4 heteroatoms. The number of nitrogens with one attached hydrogen (secondary N) is 1. The monoisotopic (exact) mass is 299 g/mol. The Kier molecular flexibility index (Phi) is 4.02. The fourth-order valence-corrected chi connectivity index (χ4v) is 3.17. The first kappa shape index (κ1) is 14.1. The minimum absolute atomic E-state index is 0.730. The summed E-state index contributed by atoms with van der Waals surface area (Å²) in [6, 6.07) is 7.27. The number of aromatic nitrogens is 1. The normalized spacial score (nSPS) is 19.6. The highest BCUT2D eigenvalue weighted by atomic mass is 16.5. The zero-order valence-electron chi connectivity index (χ0n) is 12.9. The highest BCUT2D eigenvalue weighted by molar-refractivity contribution is 5.80. The molecule has 22 heavy (non-hydrogen) atoms. The second-order valence-electron chi connectivity index (χ2n) is 6.68. The summed E-state index contributed by atoms with van der Waals surface area (Å²) >= 11 is 0. The molecule has 1 radical (unpaired) electrons. The summed E-state index contributed by atoms with van der Waals surface area (Å²) in [5.41, 5.74) is 1.80. The van der Waals surface area contributed by atoms with E-state index >= 15 is 0 Å². The molecule has 4 nitrogen and oxygen atoms in total. The van der Waals surface area contributed by atoms with Crippen molar-refractivity contribution in [2.45, 2.75) is 38.5 Å². The van der Waals surface area contributed by atoms with Gasteiger partial charge in [0.1, 0.15) is 5.75 Å². The Morgan fingerprint density at radius 3 is 2.86 bits per heavy atom. The third-order valence-corrected chi connectivity index (χ3v) is 4.86. The Balaban J connectivity index is 1.40. The fourth-order valence-electron chi connectivity index (χ4n) is 3.17. The van der Waals surface area contributed by atoms with Crippen LogP contribution in [0.2, 0.25) is 0 Å². The van der Waals surface area contributed by atoms with Crippen LogP contribution in [-0.4, -0.2) is 24.9 Å². The van der Waals surface area contributed by atoms with E-state index in [2.05, 4.69) is 22.6 Å². The molecule has 1 aliphatic carbocycles. The zero-order chi connectivity index (χ0) is 14.8. The molecule has 1 aromatic carbocycles. The van der Waals surface area contributed by atoms with Crippen LogP contribution in [-0.2, 0) is 6.42 Å². The first-order valence-corrected chi connectivity index (χ1v) is 8.52. The van der Waals surface area contributed by atoms with Crippen LogP contribution < -0.4 is 10.1 Å². The fraction of sp³-hybridized carbons (Fsp3) is 0.611. The molecule has 0 bridgehead atoms. The molecule has 2 fully saturated rings. The number of aryl methyl sites for hydroxylation is 1. The smallest absolute Gasteiger partial charge is 0.178 e. The van der Waals surface area contributed by atoms with Crippen molar-refractivity contribution < 1.29 is 9.26 Å². The lowest BCUT2D eigenvalue weighted by Gasteiger charge is -2.21. The lowest BCUT2D eigenvalue weighted by Crippen LogP contribution is -2.27. The van der Waals surface area contributed by atoms with Gasteiger partial charge in [-0.1, -0.05) is 5.16 Å². The van der Waals surface area contributed by atoms with E-state index in [1.54, 1.807) is 0 Å². The minimum atomic E-state index is 0.730. The van der Waals surface area contributed by atoms with Gasteiger partial charge in [-0.15, -0.1) is 0 Å². The van der Waals surface area contributed by atoms with E-state index < -0.39 is 0 Å². The molecule has 0 unspecified atom stereocenters. The van der Waals surface area contributed by atoms with Crippen LogP contribution in [0.15, 0.2) is 16.7 Å². The van der Waals surface area contributed by atoms with E-state index in [9.17, 15) is 0 Å². The number of ether oxygens (including phenoxy) is 1. The summed E-state index contributed by atoms with van der Waals surface area (Å²) in [5, 5.41) is 8.76. The third-order valence-electron chi connectivity index (χ3n) is 4.86. The number of rotatable bonds is 6.